The van der Waals surface area contributed by atoms with Crippen LogP contribution >= 0.6 is 11.6 Å². The summed E-state index contributed by atoms with van der Waals surface area (Å²) in [5.74, 6) is 0.300. The Morgan fingerprint density at radius 2 is 2.24 bits per heavy atom. The first kappa shape index (κ1) is 17.8. The molecule has 1 aromatic carbocycles. The average molecular weight is 384 g/mol. The summed E-state index contributed by atoms with van der Waals surface area (Å²) < 4.78 is 23.3. The van der Waals surface area contributed by atoms with Crippen LogP contribution in [0.15, 0.2) is 24.3 Å². The minimum Gasteiger partial charge on any atom is -0.337 e. The molecule has 134 valence electrons. The number of carbonyl (C=O) groups is 1. The Hall–Kier alpha value is -2.00. The van der Waals surface area contributed by atoms with Gasteiger partial charge in [0.05, 0.1) is 11.5 Å². The molecular weight excluding hydrogens is 366 g/mol. The second kappa shape index (κ2) is 7.09. The molecular formula is C15H18ClN5O3S. The number of sulfone groups is 1. The molecule has 0 unspecified atom stereocenters. The third-order valence-electron chi connectivity index (χ3n) is 4.12. The highest BCUT2D eigenvalue weighted by Gasteiger charge is 2.34. The van der Waals surface area contributed by atoms with Gasteiger partial charge in [-0.2, -0.15) is 4.80 Å². The number of benzene rings is 1. The van der Waals surface area contributed by atoms with Crippen molar-refractivity contribution in [3.63, 3.8) is 0 Å². The summed E-state index contributed by atoms with van der Waals surface area (Å²) in [6.07, 6.45) is 0.473. The molecule has 10 heteroatoms. The van der Waals surface area contributed by atoms with Gasteiger partial charge in [0, 0.05) is 23.2 Å². The Labute approximate surface area is 150 Å². The molecule has 2 heterocycles. The number of amides is 1. The van der Waals surface area contributed by atoms with E-state index in [1.165, 1.54) is 4.80 Å². The molecule has 1 aliphatic rings. The number of carbonyl (C=O) groups excluding carboxylic acids is 1. The van der Waals surface area contributed by atoms with E-state index in [-0.39, 0.29) is 30.0 Å². The first-order valence-electron chi connectivity index (χ1n) is 7.91. The van der Waals surface area contributed by atoms with E-state index in [9.17, 15) is 13.2 Å². The molecule has 0 radical (unpaired) electrons. The first-order chi connectivity index (χ1) is 11.9. The van der Waals surface area contributed by atoms with Gasteiger partial charge in [-0.05, 0) is 30.7 Å². The van der Waals surface area contributed by atoms with Crippen LogP contribution in [0.5, 0.6) is 0 Å². The summed E-state index contributed by atoms with van der Waals surface area (Å²) in [5, 5.41) is 12.6. The van der Waals surface area contributed by atoms with Crippen molar-refractivity contribution < 1.29 is 13.2 Å². The summed E-state index contributed by atoms with van der Waals surface area (Å²) in [4.78, 5) is 15.3. The monoisotopic (exact) mass is 383 g/mol. The van der Waals surface area contributed by atoms with E-state index in [0.29, 0.717) is 29.4 Å². The van der Waals surface area contributed by atoms with Crippen molar-refractivity contribution in [1.29, 1.82) is 0 Å². The Morgan fingerprint density at radius 1 is 1.44 bits per heavy atom. The third kappa shape index (κ3) is 4.16. The van der Waals surface area contributed by atoms with Gasteiger partial charge >= 0.3 is 0 Å². The summed E-state index contributed by atoms with van der Waals surface area (Å²) >= 11 is 5.95. The minimum absolute atomic E-state index is 0.0190. The summed E-state index contributed by atoms with van der Waals surface area (Å²) in [7, 11) is -3.05. The topological polar surface area (TPSA) is 98.1 Å². The van der Waals surface area contributed by atoms with Gasteiger partial charge in [0.25, 0.3) is 0 Å². The SMILES string of the molecule is CCN(C(=O)Cn1nnc(-c2cccc(Cl)c2)n1)[C@@H]1CCS(=O)(=O)C1. The zero-order valence-corrected chi connectivity index (χ0v) is 15.2. The maximum atomic E-state index is 12.5. The average Bonchev–Trinajstić information content (AvgIpc) is 3.15. The van der Waals surface area contributed by atoms with Crippen LogP contribution in [0, 0.1) is 0 Å². The molecule has 2 aromatic rings. The van der Waals surface area contributed by atoms with Crippen molar-refractivity contribution in [2.75, 3.05) is 18.1 Å². The predicted molar refractivity (Wildman–Crippen MR) is 92.7 cm³/mol. The van der Waals surface area contributed by atoms with E-state index in [4.69, 9.17) is 11.6 Å². The van der Waals surface area contributed by atoms with E-state index in [0.717, 1.165) is 0 Å². The number of rotatable bonds is 5. The number of hydrogen-bond donors (Lipinski definition) is 0. The highest BCUT2D eigenvalue weighted by atomic mass is 35.5. The van der Waals surface area contributed by atoms with Gasteiger partial charge in [-0.1, -0.05) is 23.7 Å². The molecule has 25 heavy (non-hydrogen) atoms. The normalized spacial score (nSPS) is 19.0. The fourth-order valence-electron chi connectivity index (χ4n) is 2.92. The van der Waals surface area contributed by atoms with Crippen molar-refractivity contribution in [2.24, 2.45) is 0 Å². The van der Waals surface area contributed by atoms with Crippen LogP contribution in [0.2, 0.25) is 5.02 Å². The lowest BCUT2D eigenvalue weighted by Crippen LogP contribution is -2.42. The van der Waals surface area contributed by atoms with E-state index < -0.39 is 9.84 Å². The molecule has 3 rings (SSSR count). The van der Waals surface area contributed by atoms with Crippen LogP contribution in [0.3, 0.4) is 0 Å². The molecule has 0 N–H and O–H groups in total. The quantitative estimate of drug-likeness (QED) is 0.764. The van der Waals surface area contributed by atoms with Gasteiger partial charge in [0.1, 0.15) is 6.54 Å². The molecule has 1 saturated heterocycles. The van der Waals surface area contributed by atoms with Crippen molar-refractivity contribution in [1.82, 2.24) is 25.1 Å². The molecule has 1 atom stereocenters. The van der Waals surface area contributed by atoms with Crippen LogP contribution < -0.4 is 0 Å². The number of nitrogens with zero attached hydrogens (tertiary/aromatic N) is 5. The van der Waals surface area contributed by atoms with E-state index in [1.54, 1.807) is 29.2 Å². The van der Waals surface area contributed by atoms with Crippen LogP contribution in [0.1, 0.15) is 13.3 Å². The van der Waals surface area contributed by atoms with E-state index in [1.807, 2.05) is 6.92 Å². The number of halogens is 1. The molecule has 0 bridgehead atoms. The fraction of sp³-hybridized carbons (Fsp3) is 0.467. The number of hydrogen-bond acceptors (Lipinski definition) is 6. The van der Waals surface area contributed by atoms with Crippen LogP contribution in [-0.4, -0.2) is 63.5 Å². The van der Waals surface area contributed by atoms with Crippen LogP contribution in [0.4, 0.5) is 0 Å². The predicted octanol–water partition coefficient (Wildman–Crippen LogP) is 1.03. The van der Waals surface area contributed by atoms with Gasteiger partial charge < -0.3 is 4.90 Å². The zero-order chi connectivity index (χ0) is 18.0. The summed E-state index contributed by atoms with van der Waals surface area (Å²) in [6.45, 7) is 2.18. The highest BCUT2D eigenvalue weighted by Crippen LogP contribution is 2.19. The van der Waals surface area contributed by atoms with Crippen LogP contribution in [0.25, 0.3) is 11.4 Å². The van der Waals surface area contributed by atoms with Crippen molar-refractivity contribution >= 4 is 27.3 Å². The van der Waals surface area contributed by atoms with Gasteiger partial charge in [-0.15, -0.1) is 10.2 Å². The van der Waals surface area contributed by atoms with Crippen molar-refractivity contribution in [3.05, 3.63) is 29.3 Å². The second-order valence-electron chi connectivity index (χ2n) is 5.89. The molecule has 0 aliphatic carbocycles. The zero-order valence-electron chi connectivity index (χ0n) is 13.7. The maximum Gasteiger partial charge on any atom is 0.246 e. The minimum atomic E-state index is -3.05. The largest absolute Gasteiger partial charge is 0.337 e. The second-order valence-corrected chi connectivity index (χ2v) is 8.56. The smallest absolute Gasteiger partial charge is 0.246 e. The van der Waals surface area contributed by atoms with Gasteiger partial charge in [0.2, 0.25) is 11.7 Å². The molecule has 1 aliphatic heterocycles. The van der Waals surface area contributed by atoms with Gasteiger partial charge in [0.15, 0.2) is 9.84 Å². The molecule has 1 aromatic heterocycles. The number of tetrazole rings is 1. The van der Waals surface area contributed by atoms with Crippen molar-refractivity contribution in [2.45, 2.75) is 25.9 Å². The Morgan fingerprint density at radius 3 is 2.88 bits per heavy atom. The van der Waals surface area contributed by atoms with E-state index >= 15 is 0 Å². The molecule has 1 amide bonds. The van der Waals surface area contributed by atoms with Gasteiger partial charge in [-0.25, -0.2) is 8.42 Å². The number of aromatic nitrogens is 4. The highest BCUT2D eigenvalue weighted by molar-refractivity contribution is 7.91. The molecule has 1 fully saturated rings. The number of likely N-dealkylation sites (N-methyl/N-ethyl adjacent to an activating group) is 1. The molecule has 0 spiro atoms. The lowest BCUT2D eigenvalue weighted by Gasteiger charge is -2.26. The van der Waals surface area contributed by atoms with Crippen molar-refractivity contribution in [3.8, 4) is 11.4 Å². The Balaban J connectivity index is 1.70. The fourth-order valence-corrected chi connectivity index (χ4v) is 4.85. The van der Waals surface area contributed by atoms with Crippen LogP contribution in [-0.2, 0) is 21.2 Å². The summed E-state index contributed by atoms with van der Waals surface area (Å²) in [6, 6.07) is 6.76. The molecule has 8 nitrogen and oxygen atoms in total. The van der Waals surface area contributed by atoms with E-state index in [2.05, 4.69) is 15.4 Å². The standard InChI is InChI=1S/C15H18ClN5O3S/c1-2-20(13-6-7-25(23,24)10-13)14(22)9-21-18-15(17-19-21)11-4-3-5-12(16)8-11/h3-5,8,13H,2,6-7,9-10H2,1H3/t13-/m1/s1. The Bertz CT molecular complexity index is 883. The lowest BCUT2D eigenvalue weighted by molar-refractivity contribution is -0.133. The Kier molecular flexibility index (Phi) is 5.05. The first-order valence-corrected chi connectivity index (χ1v) is 10.1. The molecule has 0 saturated carbocycles. The lowest BCUT2D eigenvalue weighted by atomic mass is 10.2. The van der Waals surface area contributed by atoms with Gasteiger partial charge in [-0.3, -0.25) is 4.79 Å². The maximum absolute atomic E-state index is 12.5. The summed E-state index contributed by atoms with van der Waals surface area (Å²) in [5.41, 5.74) is 0.709. The third-order valence-corrected chi connectivity index (χ3v) is 6.11.